The summed E-state index contributed by atoms with van der Waals surface area (Å²) in [7, 11) is 0. The molecule has 2 fully saturated rings. The van der Waals surface area contributed by atoms with E-state index in [0.717, 1.165) is 49.8 Å². The summed E-state index contributed by atoms with van der Waals surface area (Å²) in [5.74, 6) is -3.68. The van der Waals surface area contributed by atoms with E-state index in [2.05, 4.69) is 36.3 Å². The molecule has 1 atom stereocenters. The molecule has 40 heavy (non-hydrogen) atoms. The fourth-order valence-corrected chi connectivity index (χ4v) is 3.93. The molecule has 2 aromatic rings. The van der Waals surface area contributed by atoms with Gasteiger partial charge in [0, 0.05) is 44.1 Å². The van der Waals surface area contributed by atoms with Crippen LogP contribution in [-0.2, 0) is 22.7 Å². The molecule has 0 saturated carbocycles. The average molecular weight is 585 g/mol. The highest BCUT2D eigenvalue weighted by Gasteiger charge is 2.38. The van der Waals surface area contributed by atoms with Crippen LogP contribution in [0.2, 0.25) is 0 Å². The van der Waals surface area contributed by atoms with Gasteiger partial charge in [0.15, 0.2) is 0 Å². The fraction of sp³-hybridized carbons (Fsp3) is 0.636. The van der Waals surface area contributed by atoms with Crippen LogP contribution in [0.25, 0.3) is 0 Å². The predicted octanol–water partition coefficient (Wildman–Crippen LogP) is 2.74. The van der Waals surface area contributed by atoms with Crippen LogP contribution in [0.4, 0.5) is 38.1 Å². The second-order valence-electron chi connectivity index (χ2n) is 9.21. The fourth-order valence-electron chi connectivity index (χ4n) is 3.93. The number of aliphatic carboxylic acids is 2. The smallest absolute Gasteiger partial charge is 0.475 e. The van der Waals surface area contributed by atoms with Crippen molar-refractivity contribution >= 4 is 23.7 Å². The Balaban J connectivity index is 0.000000333. The average Bonchev–Trinajstić information content (AvgIpc) is 3.53. The Hall–Kier alpha value is -3.70. The van der Waals surface area contributed by atoms with Crippen molar-refractivity contribution < 1.29 is 46.1 Å². The molecule has 4 N–H and O–H groups in total. The molecule has 1 unspecified atom stereocenters. The van der Waals surface area contributed by atoms with Crippen LogP contribution in [-0.4, -0.2) is 90.5 Å². The number of carboxylic acid groups (broad SMARTS) is 2. The van der Waals surface area contributed by atoms with Crippen molar-refractivity contribution in [1.29, 1.82) is 0 Å². The number of halogens is 6. The summed E-state index contributed by atoms with van der Waals surface area (Å²) in [6, 6.07) is 0. The largest absolute Gasteiger partial charge is 0.490 e. The summed E-state index contributed by atoms with van der Waals surface area (Å²) in [5.41, 5.74) is 7.96. The van der Waals surface area contributed by atoms with E-state index in [1.54, 1.807) is 0 Å². The maximum absolute atomic E-state index is 10.6. The Kier molecular flexibility index (Phi) is 11.4. The molecule has 0 spiro atoms. The number of rotatable bonds is 5. The van der Waals surface area contributed by atoms with Gasteiger partial charge in [0.1, 0.15) is 5.82 Å². The van der Waals surface area contributed by atoms with E-state index >= 15 is 0 Å². The lowest BCUT2D eigenvalue weighted by molar-refractivity contribution is -0.193. The van der Waals surface area contributed by atoms with E-state index in [1.165, 1.54) is 32.4 Å². The zero-order valence-electron chi connectivity index (χ0n) is 21.5. The third-order valence-corrected chi connectivity index (χ3v) is 5.90. The van der Waals surface area contributed by atoms with Crippen molar-refractivity contribution in [3.8, 4) is 0 Å². The van der Waals surface area contributed by atoms with E-state index in [1.807, 2.05) is 17.8 Å². The molecule has 18 heteroatoms. The molecule has 4 rings (SSSR count). The second kappa shape index (κ2) is 14.1. The first kappa shape index (κ1) is 32.5. The summed E-state index contributed by atoms with van der Waals surface area (Å²) < 4.78 is 65.5. The number of alkyl halides is 6. The minimum absolute atomic E-state index is 0.524. The lowest BCUT2D eigenvalue weighted by Gasteiger charge is -2.32. The standard InChI is InChI=1S/C18H28N8.2C2HF3O2/c1-14-9-20-18(21-17(14)19)25-8-4-5-15(10-25)11-26-13-16(22-23-26)12-24-6-2-3-7-24;2*3-2(4,5)1(6)7/h9,13,15H,2-8,10-12H2,1H3,(H2,19,20,21);2*(H,6,7). The number of carbonyl (C=O) groups is 2. The van der Waals surface area contributed by atoms with Crippen molar-refractivity contribution in [3.63, 3.8) is 0 Å². The molecule has 4 heterocycles. The summed E-state index contributed by atoms with van der Waals surface area (Å²) in [6.45, 7) is 8.04. The Labute approximate surface area is 224 Å². The number of hydrogen-bond acceptors (Lipinski definition) is 9. The van der Waals surface area contributed by atoms with Gasteiger partial charge in [0.25, 0.3) is 0 Å². The predicted molar refractivity (Wildman–Crippen MR) is 128 cm³/mol. The number of nitrogens with zero attached hydrogens (tertiary/aromatic N) is 7. The molecular weight excluding hydrogens is 554 g/mol. The van der Waals surface area contributed by atoms with Gasteiger partial charge in [-0.15, -0.1) is 5.10 Å². The summed E-state index contributed by atoms with van der Waals surface area (Å²) in [4.78, 5) is 31.4. The van der Waals surface area contributed by atoms with Crippen molar-refractivity contribution in [2.24, 2.45) is 5.92 Å². The van der Waals surface area contributed by atoms with Crippen LogP contribution in [0, 0.1) is 12.8 Å². The Morgan fingerprint density at radius 2 is 1.60 bits per heavy atom. The summed E-state index contributed by atoms with van der Waals surface area (Å²) in [5, 5.41) is 23.0. The third-order valence-electron chi connectivity index (χ3n) is 5.90. The quantitative estimate of drug-likeness (QED) is 0.443. The maximum atomic E-state index is 10.6. The lowest BCUT2D eigenvalue weighted by Crippen LogP contribution is -2.38. The van der Waals surface area contributed by atoms with Crippen LogP contribution >= 0.6 is 0 Å². The van der Waals surface area contributed by atoms with Crippen molar-refractivity contribution in [2.45, 2.75) is 58.0 Å². The molecule has 0 bridgehead atoms. The molecule has 0 aliphatic carbocycles. The first-order chi connectivity index (χ1) is 18.6. The molecule has 224 valence electrons. The number of likely N-dealkylation sites (tertiary alicyclic amines) is 1. The van der Waals surface area contributed by atoms with Gasteiger partial charge in [0.05, 0.1) is 5.69 Å². The van der Waals surface area contributed by atoms with Gasteiger partial charge in [-0.1, -0.05) is 5.21 Å². The number of nitrogen functional groups attached to an aromatic ring is 1. The SMILES string of the molecule is Cc1cnc(N2CCCC(Cn3cc(CN4CCCC4)nn3)C2)nc1N.O=C(O)C(F)(F)F.O=C(O)C(F)(F)F. The number of nitrogens with two attached hydrogens (primary N) is 1. The van der Waals surface area contributed by atoms with Crippen LogP contribution in [0.1, 0.15) is 36.9 Å². The van der Waals surface area contributed by atoms with Crippen LogP contribution < -0.4 is 10.6 Å². The van der Waals surface area contributed by atoms with Gasteiger partial charge >= 0.3 is 24.3 Å². The van der Waals surface area contributed by atoms with Crippen molar-refractivity contribution in [2.75, 3.05) is 36.8 Å². The summed E-state index contributed by atoms with van der Waals surface area (Å²) in [6.07, 6.45) is -1.31. The van der Waals surface area contributed by atoms with Crippen LogP contribution in [0.5, 0.6) is 0 Å². The highest BCUT2D eigenvalue weighted by atomic mass is 19.4. The number of aryl methyl sites for hydroxylation is 1. The zero-order chi connectivity index (χ0) is 30.1. The number of piperidine rings is 1. The van der Waals surface area contributed by atoms with Gasteiger partial charge < -0.3 is 20.8 Å². The van der Waals surface area contributed by atoms with E-state index in [4.69, 9.17) is 25.5 Å². The monoisotopic (exact) mass is 584 g/mol. The maximum Gasteiger partial charge on any atom is 0.490 e. The zero-order valence-corrected chi connectivity index (χ0v) is 21.5. The minimum Gasteiger partial charge on any atom is -0.475 e. The molecule has 2 aliphatic rings. The molecule has 2 saturated heterocycles. The number of anilines is 2. The highest BCUT2D eigenvalue weighted by molar-refractivity contribution is 5.73. The first-order valence-electron chi connectivity index (χ1n) is 12.1. The van der Waals surface area contributed by atoms with Gasteiger partial charge in [-0.05, 0) is 51.6 Å². The van der Waals surface area contributed by atoms with Gasteiger partial charge in [0.2, 0.25) is 5.95 Å². The van der Waals surface area contributed by atoms with Crippen molar-refractivity contribution in [1.82, 2.24) is 29.9 Å². The van der Waals surface area contributed by atoms with Crippen molar-refractivity contribution in [3.05, 3.63) is 23.7 Å². The first-order valence-corrected chi connectivity index (χ1v) is 12.1. The Morgan fingerprint density at radius 1 is 1.02 bits per heavy atom. The molecule has 0 aromatic carbocycles. The molecule has 2 aliphatic heterocycles. The van der Waals surface area contributed by atoms with Crippen LogP contribution in [0.15, 0.2) is 12.4 Å². The van der Waals surface area contributed by atoms with Crippen LogP contribution in [0.3, 0.4) is 0 Å². The number of carboxylic acids is 2. The van der Waals surface area contributed by atoms with Gasteiger partial charge in [-0.2, -0.15) is 31.3 Å². The molecular formula is C22H30F6N8O4. The molecule has 0 amide bonds. The Bertz CT molecular complexity index is 1100. The molecule has 12 nitrogen and oxygen atoms in total. The number of aromatic nitrogens is 5. The Morgan fingerprint density at radius 3 is 2.12 bits per heavy atom. The number of hydrogen-bond donors (Lipinski definition) is 3. The van der Waals surface area contributed by atoms with Gasteiger partial charge in [-0.25, -0.2) is 14.6 Å². The minimum atomic E-state index is -5.08. The highest BCUT2D eigenvalue weighted by Crippen LogP contribution is 2.23. The third kappa shape index (κ3) is 10.8. The molecule has 0 radical (unpaired) electrons. The lowest BCUT2D eigenvalue weighted by atomic mass is 9.98. The van der Waals surface area contributed by atoms with E-state index in [9.17, 15) is 26.3 Å². The van der Waals surface area contributed by atoms with E-state index in [-0.39, 0.29) is 0 Å². The second-order valence-corrected chi connectivity index (χ2v) is 9.21. The van der Waals surface area contributed by atoms with Gasteiger partial charge in [-0.3, -0.25) is 9.58 Å². The normalized spacial score (nSPS) is 17.9. The molecule has 2 aromatic heterocycles. The van der Waals surface area contributed by atoms with E-state index < -0.39 is 24.3 Å². The summed E-state index contributed by atoms with van der Waals surface area (Å²) >= 11 is 0. The topological polar surface area (TPSA) is 164 Å². The van der Waals surface area contributed by atoms with E-state index in [0.29, 0.717) is 11.7 Å².